The topological polar surface area (TPSA) is 70.8 Å². The summed E-state index contributed by atoms with van der Waals surface area (Å²) in [6.07, 6.45) is -4.69. The standard InChI is InChI=1S/C15H12F3NO5/c1-22-10-6-11(23-2)8-12(7-10)24-14-4-3-9(15(16,17)18)5-13(14)19(20)21/h3-8H,1-2H3. The highest BCUT2D eigenvalue weighted by molar-refractivity contribution is 5.52. The number of ether oxygens (including phenoxy) is 3. The summed E-state index contributed by atoms with van der Waals surface area (Å²) in [6, 6.07) is 6.42. The molecule has 0 bridgehead atoms. The third-order valence-electron chi connectivity index (χ3n) is 3.04. The van der Waals surface area contributed by atoms with Crippen LogP contribution in [0.5, 0.6) is 23.0 Å². The molecule has 0 unspecified atom stereocenters. The molecule has 0 N–H and O–H groups in total. The number of rotatable bonds is 5. The van der Waals surface area contributed by atoms with Crippen molar-refractivity contribution in [2.75, 3.05) is 14.2 Å². The molecule has 0 aliphatic heterocycles. The maximum atomic E-state index is 12.7. The van der Waals surface area contributed by atoms with Gasteiger partial charge in [-0.3, -0.25) is 10.1 Å². The molecular formula is C15H12F3NO5. The predicted octanol–water partition coefficient (Wildman–Crippen LogP) is 4.42. The van der Waals surface area contributed by atoms with Crippen LogP contribution in [-0.2, 0) is 6.18 Å². The lowest BCUT2D eigenvalue weighted by atomic mass is 10.2. The fraction of sp³-hybridized carbons (Fsp3) is 0.200. The van der Waals surface area contributed by atoms with Crippen LogP contribution in [-0.4, -0.2) is 19.1 Å². The minimum Gasteiger partial charge on any atom is -0.496 e. The molecule has 9 heteroatoms. The minimum atomic E-state index is -4.69. The molecule has 6 nitrogen and oxygen atoms in total. The van der Waals surface area contributed by atoms with E-state index < -0.39 is 22.4 Å². The van der Waals surface area contributed by atoms with Crippen molar-refractivity contribution in [2.24, 2.45) is 0 Å². The number of benzene rings is 2. The zero-order valence-corrected chi connectivity index (χ0v) is 12.6. The summed E-state index contributed by atoms with van der Waals surface area (Å²) in [5.74, 6) is 0.509. The van der Waals surface area contributed by atoms with Gasteiger partial charge in [0.2, 0.25) is 5.75 Å². The van der Waals surface area contributed by atoms with E-state index in [4.69, 9.17) is 14.2 Å². The first-order valence-electron chi connectivity index (χ1n) is 6.51. The molecule has 128 valence electrons. The Bertz CT molecular complexity index is 739. The molecule has 0 spiro atoms. The first-order chi connectivity index (χ1) is 11.2. The fourth-order valence-corrected chi connectivity index (χ4v) is 1.89. The Morgan fingerprint density at radius 2 is 1.50 bits per heavy atom. The third-order valence-corrected chi connectivity index (χ3v) is 3.04. The van der Waals surface area contributed by atoms with Crippen LogP contribution in [0.1, 0.15) is 5.56 Å². The van der Waals surface area contributed by atoms with Crippen LogP contribution in [0.2, 0.25) is 0 Å². The first kappa shape index (κ1) is 17.4. The summed E-state index contributed by atoms with van der Waals surface area (Å²) >= 11 is 0. The third kappa shape index (κ3) is 3.86. The average molecular weight is 343 g/mol. The van der Waals surface area contributed by atoms with Crippen LogP contribution < -0.4 is 14.2 Å². The van der Waals surface area contributed by atoms with Gasteiger partial charge in [-0.1, -0.05) is 0 Å². The predicted molar refractivity (Wildman–Crippen MR) is 77.7 cm³/mol. The van der Waals surface area contributed by atoms with Gasteiger partial charge in [0, 0.05) is 24.3 Å². The minimum absolute atomic E-state index is 0.119. The van der Waals surface area contributed by atoms with Gasteiger partial charge in [-0.2, -0.15) is 13.2 Å². The Morgan fingerprint density at radius 1 is 0.958 bits per heavy atom. The van der Waals surface area contributed by atoms with Crippen LogP contribution in [0.15, 0.2) is 36.4 Å². The Kier molecular flexibility index (Phi) is 4.82. The van der Waals surface area contributed by atoms with E-state index in [1.54, 1.807) is 6.07 Å². The molecule has 0 amide bonds. The van der Waals surface area contributed by atoms with E-state index in [1.165, 1.54) is 26.4 Å². The average Bonchev–Trinajstić information content (AvgIpc) is 2.53. The van der Waals surface area contributed by atoms with Gasteiger partial charge < -0.3 is 14.2 Å². The summed E-state index contributed by atoms with van der Waals surface area (Å²) in [6.45, 7) is 0. The Hall–Kier alpha value is -2.97. The van der Waals surface area contributed by atoms with Gasteiger partial charge in [0.1, 0.15) is 17.2 Å². The van der Waals surface area contributed by atoms with Gasteiger partial charge in [0.25, 0.3) is 0 Å². The van der Waals surface area contributed by atoms with Gasteiger partial charge in [0.15, 0.2) is 0 Å². The molecule has 0 aliphatic rings. The van der Waals surface area contributed by atoms with E-state index in [0.717, 1.165) is 6.07 Å². The van der Waals surface area contributed by atoms with Gasteiger partial charge in [-0.05, 0) is 12.1 Å². The summed E-state index contributed by atoms with van der Waals surface area (Å²) < 4.78 is 53.5. The summed E-state index contributed by atoms with van der Waals surface area (Å²) in [5, 5.41) is 11.0. The number of nitro benzene ring substituents is 1. The van der Waals surface area contributed by atoms with Crippen molar-refractivity contribution < 1.29 is 32.3 Å². The highest BCUT2D eigenvalue weighted by Crippen LogP contribution is 2.39. The molecule has 0 heterocycles. The highest BCUT2D eigenvalue weighted by atomic mass is 19.4. The van der Waals surface area contributed by atoms with Crippen LogP contribution in [0.3, 0.4) is 0 Å². The van der Waals surface area contributed by atoms with Gasteiger partial charge in [-0.15, -0.1) is 0 Å². The summed E-state index contributed by atoms with van der Waals surface area (Å²) in [7, 11) is 2.80. The smallest absolute Gasteiger partial charge is 0.416 e. The molecule has 0 radical (unpaired) electrons. The highest BCUT2D eigenvalue weighted by Gasteiger charge is 2.33. The van der Waals surface area contributed by atoms with E-state index in [0.29, 0.717) is 23.6 Å². The molecule has 0 aromatic heterocycles. The number of nitro groups is 1. The second-order valence-electron chi connectivity index (χ2n) is 4.59. The maximum absolute atomic E-state index is 12.7. The summed E-state index contributed by atoms with van der Waals surface area (Å²) in [5.41, 5.74) is -1.93. The summed E-state index contributed by atoms with van der Waals surface area (Å²) in [4.78, 5) is 10.1. The van der Waals surface area contributed by atoms with Crippen LogP contribution >= 0.6 is 0 Å². The second-order valence-corrected chi connectivity index (χ2v) is 4.59. The van der Waals surface area contributed by atoms with Crippen LogP contribution in [0.25, 0.3) is 0 Å². The van der Waals surface area contributed by atoms with Gasteiger partial charge >= 0.3 is 11.9 Å². The van der Waals surface area contributed by atoms with E-state index >= 15 is 0 Å². The molecule has 2 aromatic carbocycles. The maximum Gasteiger partial charge on any atom is 0.416 e. The number of methoxy groups -OCH3 is 2. The van der Waals surface area contributed by atoms with Crippen molar-refractivity contribution in [2.45, 2.75) is 6.18 Å². The zero-order valence-electron chi connectivity index (χ0n) is 12.6. The van der Waals surface area contributed by atoms with Crippen molar-refractivity contribution >= 4 is 5.69 Å². The van der Waals surface area contributed by atoms with Crippen LogP contribution in [0.4, 0.5) is 18.9 Å². The number of halogens is 3. The van der Waals surface area contributed by atoms with E-state index in [9.17, 15) is 23.3 Å². The van der Waals surface area contributed by atoms with E-state index in [-0.39, 0.29) is 11.5 Å². The van der Waals surface area contributed by atoms with Crippen LogP contribution in [0, 0.1) is 10.1 Å². The number of hydrogen-bond donors (Lipinski definition) is 0. The lowest BCUT2D eigenvalue weighted by Gasteiger charge is -2.11. The van der Waals surface area contributed by atoms with Gasteiger partial charge in [-0.25, -0.2) is 0 Å². The zero-order chi connectivity index (χ0) is 17.9. The van der Waals surface area contributed by atoms with Crippen molar-refractivity contribution in [3.63, 3.8) is 0 Å². The normalized spacial score (nSPS) is 11.0. The SMILES string of the molecule is COc1cc(OC)cc(Oc2ccc(C(F)(F)F)cc2[N+](=O)[O-])c1. The number of nitrogens with zero attached hydrogens (tertiary/aromatic N) is 1. The van der Waals surface area contributed by atoms with Gasteiger partial charge in [0.05, 0.1) is 24.7 Å². The molecule has 0 fully saturated rings. The second kappa shape index (κ2) is 6.65. The molecule has 0 saturated carbocycles. The number of alkyl halides is 3. The molecule has 0 aliphatic carbocycles. The lowest BCUT2D eigenvalue weighted by molar-refractivity contribution is -0.385. The Balaban J connectivity index is 2.44. The fourth-order valence-electron chi connectivity index (χ4n) is 1.89. The van der Waals surface area contributed by atoms with Crippen molar-refractivity contribution in [3.8, 4) is 23.0 Å². The molecule has 2 rings (SSSR count). The molecule has 0 atom stereocenters. The molecular weight excluding hydrogens is 331 g/mol. The monoisotopic (exact) mass is 343 g/mol. The van der Waals surface area contributed by atoms with E-state index in [2.05, 4.69) is 0 Å². The molecule has 24 heavy (non-hydrogen) atoms. The van der Waals surface area contributed by atoms with Crippen molar-refractivity contribution in [1.29, 1.82) is 0 Å². The molecule has 0 saturated heterocycles. The first-order valence-corrected chi connectivity index (χ1v) is 6.51. The number of hydrogen-bond acceptors (Lipinski definition) is 5. The Morgan fingerprint density at radius 3 is 1.96 bits per heavy atom. The molecule has 2 aromatic rings. The Labute approximate surface area is 134 Å². The largest absolute Gasteiger partial charge is 0.496 e. The quantitative estimate of drug-likeness (QED) is 0.593. The van der Waals surface area contributed by atoms with Crippen molar-refractivity contribution in [1.82, 2.24) is 0 Å². The van der Waals surface area contributed by atoms with Crippen molar-refractivity contribution in [3.05, 3.63) is 52.1 Å². The van der Waals surface area contributed by atoms with E-state index in [1.807, 2.05) is 0 Å². The lowest BCUT2D eigenvalue weighted by Crippen LogP contribution is -2.06.